The molecule has 110 valence electrons. The Balaban J connectivity index is 2.47. The molecule has 5 nitrogen and oxygen atoms in total. The van der Waals surface area contributed by atoms with Gasteiger partial charge in [-0.2, -0.15) is 0 Å². The molecule has 0 aromatic carbocycles. The van der Waals surface area contributed by atoms with Gasteiger partial charge in [0.2, 0.25) is 0 Å². The molecule has 6 heteroatoms. The molecule has 0 aromatic heterocycles. The van der Waals surface area contributed by atoms with E-state index in [4.69, 9.17) is 22.7 Å². The topological polar surface area (TPSA) is 58.8 Å². The van der Waals surface area contributed by atoms with Gasteiger partial charge in [0.25, 0.3) is 0 Å². The van der Waals surface area contributed by atoms with Crippen LogP contribution in [0.2, 0.25) is 0 Å². The largest absolute Gasteiger partial charge is 0.447 e. The highest BCUT2D eigenvalue weighted by Crippen LogP contribution is 2.12. The summed E-state index contributed by atoms with van der Waals surface area (Å²) in [7, 11) is 0. The summed E-state index contributed by atoms with van der Waals surface area (Å²) >= 11 is 5.13. The molecule has 1 saturated heterocycles. The normalized spacial score (nSPS) is 18.4. The molecule has 0 radical (unpaired) electrons. The van der Waals surface area contributed by atoms with Crippen molar-refractivity contribution in [3.63, 3.8) is 0 Å². The number of piperazine rings is 1. The van der Waals surface area contributed by atoms with Crippen LogP contribution in [0.3, 0.4) is 0 Å². The van der Waals surface area contributed by atoms with Gasteiger partial charge in [-0.15, -0.1) is 0 Å². The Kier molecular flexibility index (Phi) is 6.51. The first-order chi connectivity index (χ1) is 8.95. The summed E-state index contributed by atoms with van der Waals surface area (Å²) in [5, 5.41) is 0. The molecule has 1 heterocycles. The highest BCUT2D eigenvalue weighted by atomic mass is 32.1. The molecular weight excluding hydrogens is 262 g/mol. The van der Waals surface area contributed by atoms with Crippen molar-refractivity contribution in [1.82, 2.24) is 9.80 Å². The minimum Gasteiger partial charge on any atom is -0.447 e. The van der Waals surface area contributed by atoms with Crippen molar-refractivity contribution in [2.45, 2.75) is 45.8 Å². The Morgan fingerprint density at radius 2 is 1.89 bits per heavy atom. The third kappa shape index (κ3) is 4.95. The smallest absolute Gasteiger partial charge is 0.410 e. The van der Waals surface area contributed by atoms with Crippen LogP contribution < -0.4 is 5.73 Å². The SMILES string of the molecule is CCCC(C(N)=S)N1CCN(C(=O)OC(C)C)CC1. The number of carbonyl (C=O) groups is 1. The van der Waals surface area contributed by atoms with Crippen LogP contribution in [0, 0.1) is 0 Å². The second-order valence-corrected chi connectivity index (χ2v) is 5.63. The predicted molar refractivity (Wildman–Crippen MR) is 80.2 cm³/mol. The van der Waals surface area contributed by atoms with E-state index in [-0.39, 0.29) is 18.2 Å². The zero-order chi connectivity index (χ0) is 14.4. The van der Waals surface area contributed by atoms with Crippen LogP contribution in [0.4, 0.5) is 4.79 Å². The molecule has 1 aliphatic rings. The molecule has 0 aliphatic carbocycles. The molecular formula is C13H25N3O2S. The first kappa shape index (κ1) is 16.2. The molecule has 1 amide bonds. The second kappa shape index (κ2) is 7.65. The van der Waals surface area contributed by atoms with E-state index < -0.39 is 0 Å². The lowest BCUT2D eigenvalue weighted by molar-refractivity contribution is 0.0532. The van der Waals surface area contributed by atoms with Gasteiger partial charge < -0.3 is 15.4 Å². The van der Waals surface area contributed by atoms with Crippen molar-refractivity contribution in [2.24, 2.45) is 5.73 Å². The summed E-state index contributed by atoms with van der Waals surface area (Å²) in [5.74, 6) is 0. The molecule has 0 spiro atoms. The van der Waals surface area contributed by atoms with E-state index in [1.165, 1.54) is 0 Å². The summed E-state index contributed by atoms with van der Waals surface area (Å²) in [6.45, 7) is 8.80. The van der Waals surface area contributed by atoms with E-state index in [1.54, 1.807) is 4.90 Å². The maximum atomic E-state index is 11.8. The van der Waals surface area contributed by atoms with E-state index >= 15 is 0 Å². The summed E-state index contributed by atoms with van der Waals surface area (Å²) in [6, 6.07) is 0.156. The van der Waals surface area contributed by atoms with Crippen molar-refractivity contribution in [3.8, 4) is 0 Å². The van der Waals surface area contributed by atoms with E-state index in [0.717, 1.165) is 25.9 Å². The molecule has 19 heavy (non-hydrogen) atoms. The van der Waals surface area contributed by atoms with Gasteiger partial charge in [0.15, 0.2) is 0 Å². The van der Waals surface area contributed by atoms with Crippen LogP contribution in [0.5, 0.6) is 0 Å². The number of hydrogen-bond acceptors (Lipinski definition) is 4. The fourth-order valence-electron chi connectivity index (χ4n) is 2.27. The van der Waals surface area contributed by atoms with Crippen molar-refractivity contribution < 1.29 is 9.53 Å². The van der Waals surface area contributed by atoms with Gasteiger partial charge in [-0.05, 0) is 20.3 Å². The Labute approximate surface area is 121 Å². The highest BCUT2D eigenvalue weighted by Gasteiger charge is 2.27. The summed E-state index contributed by atoms with van der Waals surface area (Å²) in [5.41, 5.74) is 5.80. The lowest BCUT2D eigenvalue weighted by Crippen LogP contribution is -2.55. The van der Waals surface area contributed by atoms with E-state index in [2.05, 4.69) is 11.8 Å². The van der Waals surface area contributed by atoms with Gasteiger partial charge in [-0.25, -0.2) is 4.79 Å². The monoisotopic (exact) mass is 287 g/mol. The Hall–Kier alpha value is -0.880. The number of amides is 1. The summed E-state index contributed by atoms with van der Waals surface area (Å²) in [4.78, 5) is 16.4. The number of ether oxygens (including phenoxy) is 1. The first-order valence-corrected chi connectivity index (χ1v) is 7.35. The average molecular weight is 287 g/mol. The van der Waals surface area contributed by atoms with Gasteiger partial charge in [0.05, 0.1) is 17.1 Å². The number of hydrogen-bond donors (Lipinski definition) is 1. The summed E-state index contributed by atoms with van der Waals surface area (Å²) < 4.78 is 5.20. The van der Waals surface area contributed by atoms with Gasteiger partial charge >= 0.3 is 6.09 Å². The Bertz CT molecular complexity index is 315. The second-order valence-electron chi connectivity index (χ2n) is 5.16. The highest BCUT2D eigenvalue weighted by molar-refractivity contribution is 7.80. The Morgan fingerprint density at radius 3 is 2.32 bits per heavy atom. The van der Waals surface area contributed by atoms with Crippen LogP contribution in [0.1, 0.15) is 33.6 Å². The number of thiocarbonyl (C=S) groups is 1. The molecule has 0 aromatic rings. The molecule has 0 bridgehead atoms. The maximum Gasteiger partial charge on any atom is 0.410 e. The van der Waals surface area contributed by atoms with Gasteiger partial charge in [0.1, 0.15) is 0 Å². The number of carbonyl (C=O) groups excluding carboxylic acids is 1. The third-order valence-corrected chi connectivity index (χ3v) is 3.51. The summed E-state index contributed by atoms with van der Waals surface area (Å²) in [6.07, 6.45) is 1.73. The molecule has 1 unspecified atom stereocenters. The van der Waals surface area contributed by atoms with Crippen LogP contribution in [0.25, 0.3) is 0 Å². The van der Waals surface area contributed by atoms with Crippen molar-refractivity contribution >= 4 is 23.3 Å². The standard InChI is InChI=1S/C13H25N3O2S/c1-4-5-11(12(14)19)15-6-8-16(9-7-15)13(17)18-10(2)3/h10-11H,4-9H2,1-3H3,(H2,14,19). The van der Waals surface area contributed by atoms with Crippen LogP contribution >= 0.6 is 12.2 Å². The van der Waals surface area contributed by atoms with Gasteiger partial charge in [0, 0.05) is 26.2 Å². The van der Waals surface area contributed by atoms with Crippen LogP contribution in [-0.4, -0.2) is 59.2 Å². The molecule has 1 atom stereocenters. The number of rotatable bonds is 5. The predicted octanol–water partition coefficient (Wildman–Crippen LogP) is 1.60. The fourth-order valence-corrected chi connectivity index (χ4v) is 2.54. The fraction of sp³-hybridized carbons (Fsp3) is 0.846. The molecule has 2 N–H and O–H groups in total. The molecule has 1 aliphatic heterocycles. The quantitative estimate of drug-likeness (QED) is 0.778. The zero-order valence-electron chi connectivity index (χ0n) is 12.1. The maximum absolute atomic E-state index is 11.8. The van der Waals surface area contributed by atoms with Crippen LogP contribution in [0.15, 0.2) is 0 Å². The molecule has 1 rings (SSSR count). The Morgan fingerprint density at radius 1 is 1.32 bits per heavy atom. The van der Waals surface area contributed by atoms with Crippen molar-refractivity contribution in [2.75, 3.05) is 26.2 Å². The zero-order valence-corrected chi connectivity index (χ0v) is 12.9. The van der Waals surface area contributed by atoms with E-state index in [1.807, 2.05) is 13.8 Å². The van der Waals surface area contributed by atoms with Crippen molar-refractivity contribution in [3.05, 3.63) is 0 Å². The van der Waals surface area contributed by atoms with Crippen molar-refractivity contribution in [1.29, 1.82) is 0 Å². The van der Waals surface area contributed by atoms with Gasteiger partial charge in [-0.3, -0.25) is 4.90 Å². The minimum atomic E-state index is -0.225. The lowest BCUT2D eigenvalue weighted by Gasteiger charge is -2.38. The molecule has 0 saturated carbocycles. The first-order valence-electron chi connectivity index (χ1n) is 6.94. The van der Waals surface area contributed by atoms with Gasteiger partial charge in [-0.1, -0.05) is 25.6 Å². The van der Waals surface area contributed by atoms with E-state index in [9.17, 15) is 4.79 Å². The number of nitrogens with two attached hydrogens (primary N) is 1. The number of nitrogens with zero attached hydrogens (tertiary/aromatic N) is 2. The minimum absolute atomic E-state index is 0.0741. The van der Waals surface area contributed by atoms with Crippen LogP contribution in [-0.2, 0) is 4.74 Å². The van der Waals surface area contributed by atoms with E-state index in [0.29, 0.717) is 18.1 Å². The molecule has 1 fully saturated rings. The third-order valence-electron chi connectivity index (χ3n) is 3.24. The lowest BCUT2D eigenvalue weighted by atomic mass is 10.1. The average Bonchev–Trinajstić information content (AvgIpc) is 2.35.